The molecule has 0 amide bonds. The van der Waals surface area contributed by atoms with Crippen LogP contribution in [-0.4, -0.2) is 7.11 Å². The van der Waals surface area contributed by atoms with Crippen LogP contribution >= 0.6 is 11.6 Å². The molecule has 0 unspecified atom stereocenters. The van der Waals surface area contributed by atoms with Crippen molar-refractivity contribution in [1.82, 2.24) is 0 Å². The minimum absolute atomic E-state index is 0.418. The van der Waals surface area contributed by atoms with Gasteiger partial charge in [-0.15, -0.1) is 0 Å². The fourth-order valence-corrected chi connectivity index (χ4v) is 0.882. The van der Waals surface area contributed by atoms with Crippen molar-refractivity contribution in [1.29, 1.82) is 0 Å². The lowest BCUT2D eigenvalue weighted by Gasteiger charge is -2.03. The fraction of sp³-hybridized carbons (Fsp3) is 0.143. The highest BCUT2D eigenvalue weighted by molar-refractivity contribution is 6.30. The van der Waals surface area contributed by atoms with Crippen molar-refractivity contribution in [2.45, 2.75) is 0 Å². The molecule has 0 aliphatic carbocycles. The molecule has 0 heterocycles. The summed E-state index contributed by atoms with van der Waals surface area (Å²) in [5.74, 6) is -4.83. The van der Waals surface area contributed by atoms with Crippen LogP contribution in [0.25, 0.3) is 0 Å². The van der Waals surface area contributed by atoms with Gasteiger partial charge in [-0.1, -0.05) is 11.6 Å². The molecule has 0 radical (unpaired) electrons. The van der Waals surface area contributed by atoms with Crippen LogP contribution < -0.4 is 4.74 Å². The molecule has 0 fully saturated rings. The van der Waals surface area contributed by atoms with Gasteiger partial charge in [0.25, 0.3) is 0 Å². The highest BCUT2D eigenvalue weighted by atomic mass is 35.5. The summed E-state index contributed by atoms with van der Waals surface area (Å²) in [7, 11) is 1.13. The molecule has 0 saturated carbocycles. The molecule has 0 aliphatic heterocycles. The van der Waals surface area contributed by atoms with Gasteiger partial charge in [0, 0.05) is 6.07 Å². The summed E-state index contributed by atoms with van der Waals surface area (Å²) >= 11 is 5.21. The van der Waals surface area contributed by atoms with Crippen molar-refractivity contribution in [3.63, 3.8) is 0 Å². The molecule has 0 aliphatic rings. The lowest BCUT2D eigenvalue weighted by Crippen LogP contribution is -1.96. The zero-order chi connectivity index (χ0) is 9.30. The minimum Gasteiger partial charge on any atom is -0.494 e. The van der Waals surface area contributed by atoms with Crippen molar-refractivity contribution in [2.24, 2.45) is 0 Å². The predicted octanol–water partition coefficient (Wildman–Crippen LogP) is 2.77. The van der Waals surface area contributed by atoms with E-state index in [2.05, 4.69) is 4.74 Å². The van der Waals surface area contributed by atoms with Crippen molar-refractivity contribution >= 4 is 11.6 Å². The maximum absolute atomic E-state index is 12.6. The Balaban J connectivity index is 3.39. The van der Waals surface area contributed by atoms with Gasteiger partial charge < -0.3 is 4.74 Å². The van der Waals surface area contributed by atoms with Crippen LogP contribution in [0.3, 0.4) is 0 Å². The maximum Gasteiger partial charge on any atom is 0.203 e. The second-order valence-electron chi connectivity index (χ2n) is 2.00. The number of ether oxygens (including phenoxy) is 1. The first-order valence-electron chi connectivity index (χ1n) is 2.95. The maximum atomic E-state index is 12.6. The van der Waals surface area contributed by atoms with Crippen LogP contribution in [0, 0.1) is 17.5 Å². The Morgan fingerprint density at radius 2 is 1.75 bits per heavy atom. The zero-order valence-corrected chi connectivity index (χ0v) is 6.75. The Morgan fingerprint density at radius 1 is 1.17 bits per heavy atom. The van der Waals surface area contributed by atoms with Gasteiger partial charge in [0.05, 0.1) is 12.1 Å². The van der Waals surface area contributed by atoms with Gasteiger partial charge in [-0.05, 0) is 0 Å². The summed E-state index contributed by atoms with van der Waals surface area (Å²) in [5, 5.41) is -0.509. The smallest absolute Gasteiger partial charge is 0.203 e. The SMILES string of the molecule is COc1cc(Cl)c(F)c(F)c1F. The summed E-state index contributed by atoms with van der Waals surface area (Å²) in [4.78, 5) is 0. The molecular weight excluding hydrogens is 193 g/mol. The van der Waals surface area contributed by atoms with Crippen molar-refractivity contribution in [2.75, 3.05) is 7.11 Å². The number of rotatable bonds is 1. The van der Waals surface area contributed by atoms with Gasteiger partial charge in [-0.2, -0.15) is 4.39 Å². The molecule has 0 spiro atoms. The minimum atomic E-state index is -1.63. The largest absolute Gasteiger partial charge is 0.494 e. The van der Waals surface area contributed by atoms with Crippen molar-refractivity contribution in [3.8, 4) is 5.75 Å². The van der Waals surface area contributed by atoms with E-state index in [4.69, 9.17) is 11.6 Å². The lowest BCUT2D eigenvalue weighted by molar-refractivity contribution is 0.360. The van der Waals surface area contributed by atoms with Crippen LogP contribution in [0.4, 0.5) is 13.2 Å². The fourth-order valence-electron chi connectivity index (χ4n) is 0.700. The van der Waals surface area contributed by atoms with Gasteiger partial charge in [0.15, 0.2) is 17.4 Å². The lowest BCUT2D eigenvalue weighted by atomic mass is 10.3. The molecule has 66 valence electrons. The molecule has 0 atom stereocenters. The van der Waals surface area contributed by atoms with Crippen LogP contribution in [0.2, 0.25) is 5.02 Å². The average Bonchev–Trinajstić information content (AvgIpc) is 2.08. The first-order chi connectivity index (χ1) is 5.57. The monoisotopic (exact) mass is 196 g/mol. The van der Waals surface area contributed by atoms with E-state index in [0.29, 0.717) is 0 Å². The zero-order valence-electron chi connectivity index (χ0n) is 6.00. The summed E-state index contributed by atoms with van der Waals surface area (Å²) in [6.45, 7) is 0. The van der Waals surface area contributed by atoms with E-state index in [9.17, 15) is 13.2 Å². The molecule has 1 aromatic carbocycles. The van der Waals surface area contributed by atoms with Crippen molar-refractivity contribution < 1.29 is 17.9 Å². The molecule has 1 aromatic rings. The molecule has 0 bridgehead atoms. The van der Waals surface area contributed by atoms with Gasteiger partial charge in [-0.25, -0.2) is 8.78 Å². The second kappa shape index (κ2) is 3.23. The van der Waals surface area contributed by atoms with Crippen LogP contribution in [0.1, 0.15) is 0 Å². The van der Waals surface area contributed by atoms with E-state index < -0.39 is 28.2 Å². The summed E-state index contributed by atoms with van der Waals surface area (Å²) < 4.78 is 42.1. The van der Waals surface area contributed by atoms with Crippen molar-refractivity contribution in [3.05, 3.63) is 28.5 Å². The van der Waals surface area contributed by atoms with E-state index in [1.807, 2.05) is 0 Å². The van der Waals surface area contributed by atoms with E-state index in [1.54, 1.807) is 0 Å². The predicted molar refractivity (Wildman–Crippen MR) is 37.9 cm³/mol. The molecule has 5 heteroatoms. The van der Waals surface area contributed by atoms with E-state index in [1.165, 1.54) is 0 Å². The number of halogens is 4. The highest BCUT2D eigenvalue weighted by Crippen LogP contribution is 2.27. The normalized spacial score (nSPS) is 10.1. The number of hydrogen-bond acceptors (Lipinski definition) is 1. The Morgan fingerprint density at radius 3 is 2.25 bits per heavy atom. The van der Waals surface area contributed by atoms with E-state index in [0.717, 1.165) is 13.2 Å². The standard InChI is InChI=1S/C7H4ClF3O/c1-12-4-2-3(8)5(9)7(11)6(4)10/h2H,1H3. The van der Waals surface area contributed by atoms with E-state index >= 15 is 0 Å². The van der Waals surface area contributed by atoms with Crippen LogP contribution in [0.5, 0.6) is 5.75 Å². The highest BCUT2D eigenvalue weighted by Gasteiger charge is 2.17. The third-order valence-electron chi connectivity index (χ3n) is 1.29. The molecule has 1 nitrogen and oxygen atoms in total. The number of benzene rings is 1. The van der Waals surface area contributed by atoms with Gasteiger partial charge in [-0.3, -0.25) is 0 Å². The first kappa shape index (κ1) is 9.19. The molecule has 1 rings (SSSR count). The second-order valence-corrected chi connectivity index (χ2v) is 2.41. The third kappa shape index (κ3) is 1.34. The van der Waals surface area contributed by atoms with Gasteiger partial charge >= 0.3 is 0 Å². The molecule has 12 heavy (non-hydrogen) atoms. The number of methoxy groups -OCH3 is 1. The van der Waals surface area contributed by atoms with Gasteiger partial charge in [0.2, 0.25) is 5.82 Å². The summed E-state index contributed by atoms with van der Waals surface area (Å²) in [5.41, 5.74) is 0. The van der Waals surface area contributed by atoms with Crippen LogP contribution in [0.15, 0.2) is 6.07 Å². The topological polar surface area (TPSA) is 9.23 Å². The molecular formula is C7H4ClF3O. The first-order valence-corrected chi connectivity index (χ1v) is 3.32. The quantitative estimate of drug-likeness (QED) is 0.496. The third-order valence-corrected chi connectivity index (χ3v) is 1.56. The Labute approximate surface area is 71.7 Å². The summed E-state index contributed by atoms with van der Waals surface area (Å²) in [6.07, 6.45) is 0. The summed E-state index contributed by atoms with van der Waals surface area (Å²) in [6, 6.07) is 0.870. The molecule has 0 N–H and O–H groups in total. The van der Waals surface area contributed by atoms with E-state index in [-0.39, 0.29) is 0 Å². The number of hydrogen-bond donors (Lipinski definition) is 0. The van der Waals surface area contributed by atoms with Gasteiger partial charge in [0.1, 0.15) is 0 Å². The Bertz CT molecular complexity index is 314. The average molecular weight is 197 g/mol. The molecule has 0 aromatic heterocycles. The Hall–Kier alpha value is -0.900. The molecule has 0 saturated heterocycles. The Kier molecular flexibility index (Phi) is 2.47. The van der Waals surface area contributed by atoms with Crippen LogP contribution in [-0.2, 0) is 0 Å².